The molecule has 0 heterocycles. The second kappa shape index (κ2) is 8.70. The van der Waals surface area contributed by atoms with Gasteiger partial charge in [-0.25, -0.2) is 14.4 Å². The first-order valence-corrected chi connectivity index (χ1v) is 5.89. The third-order valence-electron chi connectivity index (χ3n) is 2.02. The molecule has 1 atom stereocenters. The van der Waals surface area contributed by atoms with Gasteiger partial charge in [0.15, 0.2) is 6.10 Å². The van der Waals surface area contributed by atoms with Crippen molar-refractivity contribution >= 4 is 17.9 Å². The summed E-state index contributed by atoms with van der Waals surface area (Å²) in [4.78, 5) is 33.8. The highest BCUT2D eigenvalue weighted by atomic mass is 16.7. The zero-order valence-corrected chi connectivity index (χ0v) is 12.0. The molecule has 0 aliphatic heterocycles. The van der Waals surface area contributed by atoms with Gasteiger partial charge in [-0.1, -0.05) is 19.7 Å². The number of aliphatic hydroxyl groups is 1. The number of carbonyl (C=O) groups excluding carboxylic acids is 3. The highest BCUT2D eigenvalue weighted by Crippen LogP contribution is 2.09. The Labute approximate surface area is 122 Å². The average molecular weight is 298 g/mol. The molecule has 7 heteroatoms. The molecule has 1 N–H and O–H groups in total. The summed E-state index contributed by atoms with van der Waals surface area (Å²) in [5, 5.41) is 9.79. The van der Waals surface area contributed by atoms with Crippen LogP contribution in [0.2, 0.25) is 0 Å². The van der Waals surface area contributed by atoms with E-state index < -0.39 is 36.9 Å². The standard InChI is InChI=1S/C14H18O7/c1-6-11(16)19-7-10(15)14(20-12(17)8(2)3)21-13(18)9(4)5/h6,10,14-15H,1-2,4,7H2,3,5H3. The minimum absolute atomic E-state index is 0.0432. The zero-order valence-electron chi connectivity index (χ0n) is 12.0. The SMILES string of the molecule is C=CC(=O)OCC(O)C(OC(=O)C(=C)C)OC(=O)C(=C)C. The second-order valence-corrected chi connectivity index (χ2v) is 4.14. The lowest BCUT2D eigenvalue weighted by molar-refractivity contribution is -0.206. The molecule has 0 saturated heterocycles. The smallest absolute Gasteiger partial charge is 0.336 e. The highest BCUT2D eigenvalue weighted by molar-refractivity contribution is 5.88. The first kappa shape index (κ1) is 18.6. The molecule has 0 saturated carbocycles. The van der Waals surface area contributed by atoms with E-state index in [1.807, 2.05) is 0 Å². The van der Waals surface area contributed by atoms with E-state index in [0.717, 1.165) is 6.08 Å². The minimum atomic E-state index is -1.66. The third-order valence-corrected chi connectivity index (χ3v) is 2.02. The van der Waals surface area contributed by atoms with Gasteiger partial charge in [-0.3, -0.25) is 0 Å². The lowest BCUT2D eigenvalue weighted by atomic mass is 10.3. The van der Waals surface area contributed by atoms with Crippen molar-refractivity contribution in [1.29, 1.82) is 0 Å². The van der Waals surface area contributed by atoms with Crippen LogP contribution in [0.15, 0.2) is 37.0 Å². The van der Waals surface area contributed by atoms with Crippen LogP contribution in [-0.2, 0) is 28.6 Å². The molecule has 0 amide bonds. The highest BCUT2D eigenvalue weighted by Gasteiger charge is 2.29. The van der Waals surface area contributed by atoms with Crippen molar-refractivity contribution < 1.29 is 33.7 Å². The number of esters is 3. The van der Waals surface area contributed by atoms with Crippen LogP contribution in [-0.4, -0.2) is 42.0 Å². The normalized spacial score (nSPS) is 11.2. The minimum Gasteiger partial charge on any atom is -0.459 e. The van der Waals surface area contributed by atoms with Crippen LogP contribution in [0.4, 0.5) is 0 Å². The fraction of sp³-hybridized carbons (Fsp3) is 0.357. The molecule has 0 rings (SSSR count). The molecule has 0 aliphatic rings. The Morgan fingerprint density at radius 1 is 1.10 bits per heavy atom. The average Bonchev–Trinajstić information content (AvgIpc) is 2.42. The molecule has 0 aliphatic carbocycles. The van der Waals surface area contributed by atoms with Crippen LogP contribution in [0.3, 0.4) is 0 Å². The van der Waals surface area contributed by atoms with Crippen molar-refractivity contribution in [2.75, 3.05) is 6.61 Å². The molecule has 0 bridgehead atoms. The Bertz CT molecular complexity index is 436. The van der Waals surface area contributed by atoms with Crippen LogP contribution in [0.5, 0.6) is 0 Å². The zero-order chi connectivity index (χ0) is 16.6. The second-order valence-electron chi connectivity index (χ2n) is 4.14. The van der Waals surface area contributed by atoms with Crippen molar-refractivity contribution in [2.24, 2.45) is 0 Å². The maximum absolute atomic E-state index is 11.4. The third kappa shape index (κ3) is 7.07. The number of rotatable bonds is 8. The summed E-state index contributed by atoms with van der Waals surface area (Å²) in [7, 11) is 0. The number of carbonyl (C=O) groups is 3. The summed E-state index contributed by atoms with van der Waals surface area (Å²) in [6, 6.07) is 0. The molecule has 7 nitrogen and oxygen atoms in total. The molecule has 0 spiro atoms. The van der Waals surface area contributed by atoms with Gasteiger partial charge in [0, 0.05) is 17.2 Å². The number of hydrogen-bond donors (Lipinski definition) is 1. The molecule has 0 aromatic rings. The molecule has 0 fully saturated rings. The summed E-state index contributed by atoms with van der Waals surface area (Å²) in [5.74, 6) is -2.53. The Morgan fingerprint density at radius 2 is 1.52 bits per heavy atom. The summed E-state index contributed by atoms with van der Waals surface area (Å²) in [5.41, 5.74) is 0.0864. The van der Waals surface area contributed by atoms with Gasteiger partial charge < -0.3 is 19.3 Å². The van der Waals surface area contributed by atoms with Gasteiger partial charge in [0.2, 0.25) is 0 Å². The van der Waals surface area contributed by atoms with Crippen molar-refractivity contribution in [3.63, 3.8) is 0 Å². The fourth-order valence-electron chi connectivity index (χ4n) is 0.898. The molecule has 0 aromatic carbocycles. The first-order valence-electron chi connectivity index (χ1n) is 5.89. The van der Waals surface area contributed by atoms with E-state index in [1.54, 1.807) is 0 Å². The van der Waals surface area contributed by atoms with Gasteiger partial charge in [0.05, 0.1) is 0 Å². The predicted molar refractivity (Wildman–Crippen MR) is 72.8 cm³/mol. The van der Waals surface area contributed by atoms with Crippen molar-refractivity contribution in [3.05, 3.63) is 37.0 Å². The number of ether oxygens (including phenoxy) is 3. The Kier molecular flexibility index (Phi) is 7.70. The molecular weight excluding hydrogens is 280 g/mol. The van der Waals surface area contributed by atoms with Crippen molar-refractivity contribution in [1.82, 2.24) is 0 Å². The van der Waals surface area contributed by atoms with E-state index in [1.165, 1.54) is 13.8 Å². The maximum atomic E-state index is 11.4. The first-order chi connectivity index (χ1) is 9.68. The predicted octanol–water partition coefficient (Wildman–Crippen LogP) is 0.641. The molecule has 0 aromatic heterocycles. The maximum Gasteiger partial charge on any atom is 0.336 e. The Morgan fingerprint density at radius 3 is 1.86 bits per heavy atom. The van der Waals surface area contributed by atoms with Crippen LogP contribution in [0.1, 0.15) is 13.8 Å². The van der Waals surface area contributed by atoms with Gasteiger partial charge >= 0.3 is 17.9 Å². The largest absolute Gasteiger partial charge is 0.459 e. The van der Waals surface area contributed by atoms with E-state index in [9.17, 15) is 19.5 Å². The quantitative estimate of drug-likeness (QED) is 0.399. The van der Waals surface area contributed by atoms with E-state index in [-0.39, 0.29) is 11.1 Å². The van der Waals surface area contributed by atoms with Crippen molar-refractivity contribution in [3.8, 4) is 0 Å². The lowest BCUT2D eigenvalue weighted by Gasteiger charge is -2.22. The van der Waals surface area contributed by atoms with Crippen LogP contribution >= 0.6 is 0 Å². The molecule has 21 heavy (non-hydrogen) atoms. The van der Waals surface area contributed by atoms with Gasteiger partial charge in [-0.15, -0.1) is 0 Å². The van der Waals surface area contributed by atoms with Crippen molar-refractivity contribution in [2.45, 2.75) is 26.2 Å². The Balaban J connectivity index is 4.84. The van der Waals surface area contributed by atoms with Crippen LogP contribution < -0.4 is 0 Å². The summed E-state index contributed by atoms with van der Waals surface area (Å²) >= 11 is 0. The van der Waals surface area contributed by atoms with E-state index >= 15 is 0 Å². The van der Waals surface area contributed by atoms with Gasteiger partial charge in [0.25, 0.3) is 6.29 Å². The van der Waals surface area contributed by atoms with Gasteiger partial charge in [0.1, 0.15) is 6.61 Å². The molecule has 0 radical (unpaired) electrons. The topological polar surface area (TPSA) is 99.1 Å². The number of hydrogen-bond acceptors (Lipinski definition) is 7. The summed E-state index contributed by atoms with van der Waals surface area (Å²) < 4.78 is 14.1. The van der Waals surface area contributed by atoms with E-state index in [0.29, 0.717) is 0 Å². The van der Waals surface area contributed by atoms with Crippen LogP contribution in [0, 0.1) is 0 Å². The molecular formula is C14H18O7. The van der Waals surface area contributed by atoms with Crippen LogP contribution in [0.25, 0.3) is 0 Å². The summed E-state index contributed by atoms with van der Waals surface area (Å²) in [6.07, 6.45) is -2.34. The molecule has 1 unspecified atom stereocenters. The van der Waals surface area contributed by atoms with Gasteiger partial charge in [-0.05, 0) is 13.8 Å². The van der Waals surface area contributed by atoms with E-state index in [4.69, 9.17) is 9.47 Å². The summed E-state index contributed by atoms with van der Waals surface area (Å²) in [6.45, 7) is 12.1. The number of aliphatic hydroxyl groups excluding tert-OH is 1. The monoisotopic (exact) mass is 298 g/mol. The van der Waals surface area contributed by atoms with Gasteiger partial charge in [-0.2, -0.15) is 0 Å². The van der Waals surface area contributed by atoms with E-state index in [2.05, 4.69) is 24.5 Å². The molecule has 116 valence electrons. The fourth-order valence-corrected chi connectivity index (χ4v) is 0.898. The lowest BCUT2D eigenvalue weighted by Crippen LogP contribution is -2.39. The Hall–Kier alpha value is -2.41.